The van der Waals surface area contributed by atoms with Gasteiger partial charge in [-0.3, -0.25) is 0 Å². The molecule has 0 atom stereocenters. The smallest absolute Gasteiger partial charge is 0.119 e. The van der Waals surface area contributed by atoms with Crippen molar-refractivity contribution in [3.8, 4) is 101 Å². The van der Waals surface area contributed by atoms with Gasteiger partial charge in [-0.15, -0.1) is 0 Å². The molecule has 10 heteroatoms. The van der Waals surface area contributed by atoms with Crippen molar-refractivity contribution in [2.75, 3.05) is 0 Å². The van der Waals surface area contributed by atoms with Gasteiger partial charge in [0, 0.05) is 88.6 Å². The van der Waals surface area contributed by atoms with Gasteiger partial charge < -0.3 is 29.4 Å². The van der Waals surface area contributed by atoms with Gasteiger partial charge in [0.1, 0.15) is 24.7 Å². The first-order valence-electron chi connectivity index (χ1n) is 38.4. The van der Waals surface area contributed by atoms with E-state index in [9.17, 15) is 0 Å². The van der Waals surface area contributed by atoms with E-state index in [4.69, 9.17) is 29.4 Å². The molecule has 16 aromatic rings. The van der Waals surface area contributed by atoms with E-state index in [0.717, 1.165) is 212 Å². The first kappa shape index (κ1) is 68.0. The molecule has 0 amide bonds. The molecule has 0 saturated carbocycles. The maximum absolute atomic E-state index is 6.50. The second-order valence-electron chi connectivity index (χ2n) is 28.6. The number of aromatic amines is 4. The summed E-state index contributed by atoms with van der Waals surface area (Å²) in [4.78, 5) is 37.4. The Balaban J connectivity index is 0.544. The zero-order chi connectivity index (χ0) is 75.7. The highest BCUT2D eigenvalue weighted by molar-refractivity contribution is 6.03. The lowest BCUT2D eigenvalue weighted by atomic mass is 10.0. The highest BCUT2D eigenvalue weighted by Crippen LogP contribution is 2.43. The zero-order valence-electron chi connectivity index (χ0n) is 62.0. The fourth-order valence-electron chi connectivity index (χ4n) is 15.9. The molecule has 0 saturated heterocycles. The summed E-state index contributed by atoms with van der Waals surface area (Å²) < 4.78 is 13.0. The van der Waals surface area contributed by atoms with E-state index in [2.05, 4.69) is 408 Å². The summed E-state index contributed by atoms with van der Waals surface area (Å²) in [6.45, 7) is 0.819. The van der Waals surface area contributed by atoms with Gasteiger partial charge in [0.25, 0.3) is 0 Å². The summed E-state index contributed by atoms with van der Waals surface area (Å²) >= 11 is 0. The van der Waals surface area contributed by atoms with Gasteiger partial charge in [0.15, 0.2) is 0 Å². The Kier molecular flexibility index (Phi) is 17.9. The third kappa shape index (κ3) is 13.6. The van der Waals surface area contributed by atoms with Crippen LogP contribution in [-0.2, 0) is 13.2 Å². The molecule has 0 radical (unpaired) electrons. The standard InChI is InChI=1S/C104H72N8O2/c1-7-19-71(20-8-1)97-81-49-53-85(105-81)99(73-23-11-3-12-24-73)89-57-61-93(109-89)103(94-62-58-90(110-94)100(74-25-13-4-14-26-74)86-54-50-82(97)106-86)77-41-45-79(46-42-77)113-65-69-37-33-67(34-38-69)31-32-68-35-39-70(40-36-68)66-114-80-47-43-78(44-48-80)104-95-63-59-91(111-95)101(75-27-15-5-16-28-75)87-55-51-83(107-87)98(72-21-9-2-10-22-72)84-52-56-88(108-84)102(76-29-17-6-18-30-76)92-60-64-96(104)112-92/h1-64,105,107,110,112H,65-66H2/b32-31-,97-81?,97-82?,98-83?,98-84?,99-85?,99-89?,100-86?,100-90?,101-87?,101-91?,102-88?,102-92?,103-93?,103-94?,104-95?,104-96?. The Morgan fingerprint density at radius 1 is 0.193 bits per heavy atom. The van der Waals surface area contributed by atoms with E-state index in [0.29, 0.717) is 13.2 Å². The number of rotatable bonds is 16. The lowest BCUT2D eigenvalue weighted by molar-refractivity contribution is 0.306. The molecule has 20 rings (SSSR count). The molecule has 0 unspecified atom stereocenters. The van der Waals surface area contributed by atoms with Gasteiger partial charge in [-0.1, -0.05) is 267 Å². The van der Waals surface area contributed by atoms with Crippen molar-refractivity contribution in [2.24, 2.45) is 0 Å². The molecular weight excluding hydrogens is 1390 g/mol. The molecule has 0 fully saturated rings. The summed E-state index contributed by atoms with van der Waals surface area (Å²) in [5.74, 6) is 1.53. The summed E-state index contributed by atoms with van der Waals surface area (Å²) in [6, 6.07) is 114. The number of nitrogens with zero attached hydrogens (tertiary/aromatic N) is 4. The second kappa shape index (κ2) is 30.0. The van der Waals surface area contributed by atoms with E-state index in [-0.39, 0.29) is 0 Å². The highest BCUT2D eigenvalue weighted by atomic mass is 16.5. The van der Waals surface area contributed by atoms with Crippen molar-refractivity contribution in [1.29, 1.82) is 0 Å². The fraction of sp³-hybridized carbons (Fsp3) is 0.0192. The van der Waals surface area contributed by atoms with E-state index in [1.54, 1.807) is 0 Å². The van der Waals surface area contributed by atoms with Crippen LogP contribution in [0.1, 0.15) is 67.8 Å². The Hall–Kier alpha value is -15.3. The van der Waals surface area contributed by atoms with Crippen LogP contribution in [0.4, 0.5) is 0 Å². The Labute approximate surface area is 659 Å². The van der Waals surface area contributed by atoms with E-state index in [1.807, 2.05) is 0 Å². The quantitative estimate of drug-likeness (QED) is 0.0712. The van der Waals surface area contributed by atoms with Gasteiger partial charge >= 0.3 is 0 Å². The van der Waals surface area contributed by atoms with Crippen LogP contribution in [0.2, 0.25) is 0 Å². The Morgan fingerprint density at radius 2 is 0.377 bits per heavy atom. The third-order valence-corrected chi connectivity index (χ3v) is 21.4. The molecule has 4 aliphatic heterocycles. The largest absolute Gasteiger partial charge is 0.489 e. The molecule has 540 valence electrons. The van der Waals surface area contributed by atoms with Gasteiger partial charge in [-0.25, -0.2) is 19.9 Å². The number of hydrogen-bond acceptors (Lipinski definition) is 6. The minimum absolute atomic E-state index is 0.410. The zero-order valence-corrected chi connectivity index (χ0v) is 62.0. The Morgan fingerprint density at radius 3 is 0.570 bits per heavy atom. The van der Waals surface area contributed by atoms with Gasteiger partial charge in [-0.2, -0.15) is 0 Å². The summed E-state index contributed by atoms with van der Waals surface area (Å²) in [5, 5.41) is 0. The highest BCUT2D eigenvalue weighted by Gasteiger charge is 2.23. The van der Waals surface area contributed by atoms with Gasteiger partial charge in [0.05, 0.1) is 45.6 Å². The first-order chi connectivity index (χ1) is 56.4. The summed E-state index contributed by atoms with van der Waals surface area (Å²) in [6.07, 6.45) is 21.4. The number of fused-ring (bicyclic) bond motifs is 16. The monoisotopic (exact) mass is 1460 g/mol. The predicted octanol–water partition coefficient (Wildman–Crippen LogP) is 26.3. The van der Waals surface area contributed by atoms with Crippen LogP contribution < -0.4 is 9.47 Å². The number of H-pyrrole nitrogens is 4. The number of aromatic nitrogens is 8. The minimum atomic E-state index is 0.410. The van der Waals surface area contributed by atoms with Crippen molar-refractivity contribution in [3.63, 3.8) is 0 Å². The van der Waals surface area contributed by atoms with Crippen LogP contribution in [0.5, 0.6) is 11.5 Å². The molecule has 114 heavy (non-hydrogen) atoms. The molecule has 10 nitrogen and oxygen atoms in total. The number of ether oxygens (including phenoxy) is 2. The van der Waals surface area contributed by atoms with E-state index in [1.165, 1.54) is 0 Å². The molecule has 0 spiro atoms. The van der Waals surface area contributed by atoms with Crippen molar-refractivity contribution in [2.45, 2.75) is 13.2 Å². The molecular formula is C104H72N8O2. The molecule has 4 aliphatic rings. The molecule has 10 aromatic carbocycles. The molecule has 4 N–H and O–H groups in total. The molecule has 16 bridgehead atoms. The van der Waals surface area contributed by atoms with Crippen molar-refractivity contribution in [1.82, 2.24) is 39.9 Å². The van der Waals surface area contributed by atoms with Gasteiger partial charge in [-0.05, 0) is 188 Å². The second-order valence-corrected chi connectivity index (χ2v) is 28.6. The van der Waals surface area contributed by atoms with Crippen molar-refractivity contribution in [3.05, 3.63) is 395 Å². The number of benzene rings is 10. The van der Waals surface area contributed by atoms with E-state index >= 15 is 0 Å². The topological polar surface area (TPSA) is 133 Å². The maximum Gasteiger partial charge on any atom is 0.119 e. The predicted molar refractivity (Wildman–Crippen MR) is 472 cm³/mol. The summed E-state index contributed by atoms with van der Waals surface area (Å²) in [5.41, 5.74) is 35.1. The number of nitrogens with one attached hydrogen (secondary N) is 4. The van der Waals surface area contributed by atoms with Crippen LogP contribution in [-0.4, -0.2) is 39.9 Å². The van der Waals surface area contributed by atoms with Crippen LogP contribution in [0.25, 0.3) is 194 Å². The molecule has 10 heterocycles. The van der Waals surface area contributed by atoms with Crippen LogP contribution in [0.3, 0.4) is 0 Å². The SMILES string of the molecule is C1=Cc2nc1c(-c1ccccc1)c1ccc([nH]1)c(-c1ccccc1)c1nc(c(-c3ccc(OCc4ccc(/C=C\c5ccc(COc6ccc(-c7c8nc(c(-c9ccccc9)c9ccc([nH]9)c(-c9ccccc9)c9nc(c(-c%10ccccc%10)c%10ccc7[nH]%10)C=C9)C=C8)cc6)cc5)cc4)cc3)c3ccc([nH]3)c2-c2ccccc2)C=C1. The lowest BCUT2D eigenvalue weighted by Crippen LogP contribution is -1.95. The van der Waals surface area contributed by atoms with Crippen LogP contribution in [0.15, 0.2) is 328 Å². The average molecular weight is 1470 g/mol. The normalized spacial score (nSPS) is 12.1. The fourth-order valence-corrected chi connectivity index (χ4v) is 15.9. The molecule has 6 aromatic heterocycles. The number of hydrogen-bond donors (Lipinski definition) is 4. The lowest BCUT2D eigenvalue weighted by Gasteiger charge is -2.09. The van der Waals surface area contributed by atoms with Crippen molar-refractivity contribution >= 4 is 105 Å². The third-order valence-electron chi connectivity index (χ3n) is 21.4. The first-order valence-corrected chi connectivity index (χ1v) is 38.4. The summed E-state index contributed by atoms with van der Waals surface area (Å²) in [7, 11) is 0. The Bertz CT molecular complexity index is 6390. The van der Waals surface area contributed by atoms with Crippen LogP contribution >= 0.6 is 0 Å². The van der Waals surface area contributed by atoms with Crippen molar-refractivity contribution < 1.29 is 9.47 Å². The van der Waals surface area contributed by atoms with E-state index < -0.39 is 0 Å². The average Bonchev–Trinajstić information content (AvgIpc) is 1.62. The maximum atomic E-state index is 6.50. The van der Waals surface area contributed by atoms with Crippen LogP contribution in [0, 0.1) is 0 Å². The molecule has 0 aliphatic carbocycles. The minimum Gasteiger partial charge on any atom is -0.489 e. The van der Waals surface area contributed by atoms with Gasteiger partial charge in [0.2, 0.25) is 0 Å².